The monoisotopic (exact) mass is 274 g/mol. The Hall–Kier alpha value is -0.960. The van der Waals surface area contributed by atoms with Crippen LogP contribution in [0, 0.1) is 5.41 Å². The van der Waals surface area contributed by atoms with Crippen molar-refractivity contribution in [1.82, 2.24) is 4.90 Å². The van der Waals surface area contributed by atoms with E-state index in [1.54, 1.807) is 0 Å². The number of fused-ring (bicyclic) bond motifs is 1. The first-order valence-electron chi connectivity index (χ1n) is 7.21. The summed E-state index contributed by atoms with van der Waals surface area (Å²) in [6.07, 6.45) is 8.98. The first kappa shape index (κ1) is 13.0. The van der Waals surface area contributed by atoms with Crippen molar-refractivity contribution in [1.29, 1.82) is 5.41 Å². The minimum atomic E-state index is 0.382. The van der Waals surface area contributed by atoms with E-state index in [4.69, 9.17) is 5.41 Å². The fraction of sp³-hybridized carbons (Fsp3) is 0.562. The Morgan fingerprint density at radius 1 is 1.21 bits per heavy atom. The molecule has 0 spiro atoms. The molecule has 3 heteroatoms. The topological polar surface area (TPSA) is 27.1 Å². The Kier molecular flexibility index (Phi) is 3.57. The fourth-order valence-corrected chi connectivity index (χ4v) is 4.43. The molecular weight excluding hydrogens is 252 g/mol. The molecule has 0 saturated heterocycles. The Morgan fingerprint density at radius 3 is 2.63 bits per heavy atom. The largest absolute Gasteiger partial charge is 0.351 e. The highest BCUT2D eigenvalue weighted by Gasteiger charge is 2.36. The van der Waals surface area contributed by atoms with Crippen molar-refractivity contribution in [3.8, 4) is 0 Å². The standard InChI is InChI=1S/C16H22N2S/c1-19-16(9-5-2-6-10-16)12-18-11-13-7-3-4-8-14(13)15(18)17/h3-4,7-8,17H,2,5-6,9-12H2,1H3. The van der Waals surface area contributed by atoms with Crippen molar-refractivity contribution in [2.75, 3.05) is 12.8 Å². The lowest BCUT2D eigenvalue weighted by atomic mass is 9.88. The minimum absolute atomic E-state index is 0.382. The van der Waals surface area contributed by atoms with E-state index >= 15 is 0 Å². The van der Waals surface area contributed by atoms with E-state index < -0.39 is 0 Å². The summed E-state index contributed by atoms with van der Waals surface area (Å²) >= 11 is 2.02. The molecule has 1 aromatic carbocycles. The van der Waals surface area contributed by atoms with Crippen LogP contribution in [0.5, 0.6) is 0 Å². The van der Waals surface area contributed by atoms with Gasteiger partial charge in [-0.1, -0.05) is 43.5 Å². The van der Waals surface area contributed by atoms with Gasteiger partial charge in [0.25, 0.3) is 0 Å². The third kappa shape index (κ3) is 2.40. The van der Waals surface area contributed by atoms with Crippen molar-refractivity contribution >= 4 is 17.6 Å². The third-order valence-electron chi connectivity index (χ3n) is 4.63. The van der Waals surface area contributed by atoms with Crippen LogP contribution in [0.2, 0.25) is 0 Å². The van der Waals surface area contributed by atoms with Crippen LogP contribution in [0.25, 0.3) is 0 Å². The van der Waals surface area contributed by atoms with Crippen LogP contribution >= 0.6 is 11.8 Å². The molecule has 0 aromatic heterocycles. The lowest BCUT2D eigenvalue weighted by molar-refractivity contribution is 0.305. The maximum absolute atomic E-state index is 8.38. The number of nitrogens with zero attached hydrogens (tertiary/aromatic N) is 1. The molecule has 1 heterocycles. The van der Waals surface area contributed by atoms with Crippen molar-refractivity contribution in [3.63, 3.8) is 0 Å². The van der Waals surface area contributed by atoms with Gasteiger partial charge in [0.2, 0.25) is 0 Å². The first-order chi connectivity index (χ1) is 9.24. The Labute approximate surface area is 120 Å². The van der Waals surface area contributed by atoms with Crippen LogP contribution in [-0.2, 0) is 6.54 Å². The molecule has 2 nitrogen and oxygen atoms in total. The van der Waals surface area contributed by atoms with Gasteiger partial charge in [0.1, 0.15) is 5.84 Å². The normalized spacial score (nSPS) is 21.5. The minimum Gasteiger partial charge on any atom is -0.351 e. The molecule has 102 valence electrons. The molecule has 0 bridgehead atoms. The summed E-state index contributed by atoms with van der Waals surface area (Å²) in [6.45, 7) is 1.97. The number of thioether (sulfide) groups is 1. The molecular formula is C16H22N2S. The molecule has 19 heavy (non-hydrogen) atoms. The van der Waals surface area contributed by atoms with Gasteiger partial charge in [-0.3, -0.25) is 5.41 Å². The molecule has 2 aliphatic rings. The molecule has 0 radical (unpaired) electrons. The molecule has 1 aliphatic carbocycles. The van der Waals surface area contributed by atoms with E-state index in [1.807, 2.05) is 17.8 Å². The maximum Gasteiger partial charge on any atom is 0.128 e. The average molecular weight is 274 g/mol. The van der Waals surface area contributed by atoms with E-state index in [1.165, 1.54) is 37.7 Å². The molecule has 0 unspecified atom stereocenters. The third-order valence-corrected chi connectivity index (χ3v) is 6.03. The number of nitrogens with one attached hydrogen (secondary N) is 1. The van der Waals surface area contributed by atoms with Crippen LogP contribution in [0.15, 0.2) is 24.3 Å². The van der Waals surface area contributed by atoms with Crippen LogP contribution < -0.4 is 0 Å². The summed E-state index contributed by atoms with van der Waals surface area (Å²) in [6, 6.07) is 8.38. The van der Waals surface area contributed by atoms with Gasteiger partial charge < -0.3 is 4.90 Å². The van der Waals surface area contributed by atoms with Crippen LogP contribution in [0.4, 0.5) is 0 Å². The van der Waals surface area contributed by atoms with Gasteiger partial charge in [0.15, 0.2) is 0 Å². The maximum atomic E-state index is 8.38. The summed E-state index contributed by atoms with van der Waals surface area (Å²) in [5, 5.41) is 8.38. The second-order valence-electron chi connectivity index (χ2n) is 5.81. The van der Waals surface area contributed by atoms with Crippen molar-refractivity contribution in [2.45, 2.75) is 43.4 Å². The molecule has 1 aromatic rings. The van der Waals surface area contributed by atoms with Crippen LogP contribution in [0.1, 0.15) is 43.2 Å². The molecule has 1 fully saturated rings. The fourth-order valence-electron chi connectivity index (χ4n) is 3.45. The Morgan fingerprint density at radius 2 is 1.95 bits per heavy atom. The van der Waals surface area contributed by atoms with E-state index in [0.29, 0.717) is 4.75 Å². The summed E-state index contributed by atoms with van der Waals surface area (Å²) < 4.78 is 0.382. The number of hydrogen-bond donors (Lipinski definition) is 1. The number of amidine groups is 1. The summed E-state index contributed by atoms with van der Waals surface area (Å²) in [4.78, 5) is 2.28. The van der Waals surface area contributed by atoms with Gasteiger partial charge >= 0.3 is 0 Å². The van der Waals surface area contributed by atoms with Crippen LogP contribution in [0.3, 0.4) is 0 Å². The zero-order chi connectivity index (χ0) is 13.3. The van der Waals surface area contributed by atoms with Gasteiger partial charge in [-0.2, -0.15) is 11.8 Å². The smallest absolute Gasteiger partial charge is 0.128 e. The van der Waals surface area contributed by atoms with E-state index in [2.05, 4.69) is 29.4 Å². The second-order valence-corrected chi connectivity index (χ2v) is 7.08. The van der Waals surface area contributed by atoms with Crippen LogP contribution in [-0.4, -0.2) is 28.3 Å². The van der Waals surface area contributed by atoms with Gasteiger partial charge in [-0.25, -0.2) is 0 Å². The van der Waals surface area contributed by atoms with E-state index in [0.717, 1.165) is 24.5 Å². The molecule has 0 amide bonds. The Bertz CT molecular complexity index is 477. The highest BCUT2D eigenvalue weighted by molar-refractivity contribution is 8.00. The predicted octanol–water partition coefficient (Wildman–Crippen LogP) is 3.89. The Balaban J connectivity index is 1.76. The van der Waals surface area contributed by atoms with Crippen molar-refractivity contribution in [2.24, 2.45) is 0 Å². The summed E-state index contributed by atoms with van der Waals surface area (Å²) in [7, 11) is 0. The quantitative estimate of drug-likeness (QED) is 0.905. The molecule has 0 atom stereocenters. The second kappa shape index (κ2) is 5.20. The van der Waals surface area contributed by atoms with Gasteiger partial charge in [-0.15, -0.1) is 0 Å². The van der Waals surface area contributed by atoms with Gasteiger partial charge in [-0.05, 0) is 24.7 Å². The summed E-state index contributed by atoms with van der Waals surface area (Å²) in [5.74, 6) is 0.731. The van der Waals surface area contributed by atoms with Crippen molar-refractivity contribution < 1.29 is 0 Å². The zero-order valence-electron chi connectivity index (χ0n) is 11.6. The molecule has 1 aliphatic heterocycles. The van der Waals surface area contributed by atoms with E-state index in [9.17, 15) is 0 Å². The SMILES string of the molecule is CSC1(CN2Cc3ccccc3C2=N)CCCCC1. The highest BCUT2D eigenvalue weighted by atomic mass is 32.2. The predicted molar refractivity (Wildman–Crippen MR) is 83.0 cm³/mol. The van der Waals surface area contributed by atoms with Crippen molar-refractivity contribution in [3.05, 3.63) is 35.4 Å². The zero-order valence-corrected chi connectivity index (χ0v) is 12.4. The molecule has 1 saturated carbocycles. The number of benzene rings is 1. The van der Waals surface area contributed by atoms with Gasteiger partial charge in [0.05, 0.1) is 0 Å². The lowest BCUT2D eigenvalue weighted by Crippen LogP contribution is -2.42. The number of rotatable bonds is 3. The average Bonchev–Trinajstić information content (AvgIpc) is 2.77. The number of hydrogen-bond acceptors (Lipinski definition) is 2. The summed E-state index contributed by atoms with van der Waals surface area (Å²) in [5.41, 5.74) is 2.45. The van der Waals surface area contributed by atoms with E-state index in [-0.39, 0.29) is 0 Å². The lowest BCUT2D eigenvalue weighted by Gasteiger charge is -2.39. The van der Waals surface area contributed by atoms with Gasteiger partial charge in [0, 0.05) is 23.4 Å². The molecule has 1 N–H and O–H groups in total. The molecule has 3 rings (SSSR count). The first-order valence-corrected chi connectivity index (χ1v) is 8.43. The highest BCUT2D eigenvalue weighted by Crippen LogP contribution is 2.40.